The highest BCUT2D eigenvalue weighted by atomic mass is 32.2. The van der Waals surface area contributed by atoms with Crippen molar-refractivity contribution >= 4 is 27.5 Å². The molecule has 3 rings (SSSR count). The number of rotatable bonds is 3. The Hall–Kier alpha value is -1.12. The molecule has 110 valence electrons. The van der Waals surface area contributed by atoms with Gasteiger partial charge in [0.05, 0.1) is 19.6 Å². The molecule has 8 heteroatoms. The van der Waals surface area contributed by atoms with Crippen LogP contribution >= 0.6 is 11.3 Å². The van der Waals surface area contributed by atoms with Crippen molar-refractivity contribution in [1.29, 1.82) is 0 Å². The number of ether oxygens (including phenoxy) is 1. The standard InChI is InChI=1S/C12H16N2O4S2/c1-3-9-4-5-10(19-9)20(16,17)14-7-12(8-14)6-13(2)11(15)18-12/h4-5H,3,6-8H2,1-2H3. The van der Waals surface area contributed by atoms with Crippen LogP contribution in [0.25, 0.3) is 0 Å². The van der Waals surface area contributed by atoms with E-state index in [1.807, 2.05) is 13.0 Å². The Morgan fingerprint density at radius 3 is 2.55 bits per heavy atom. The molecule has 1 spiro atoms. The minimum atomic E-state index is -3.45. The molecule has 0 atom stereocenters. The summed E-state index contributed by atoms with van der Waals surface area (Å²) < 4.78 is 31.9. The van der Waals surface area contributed by atoms with Crippen molar-refractivity contribution in [1.82, 2.24) is 9.21 Å². The van der Waals surface area contributed by atoms with Crippen LogP contribution < -0.4 is 0 Å². The fourth-order valence-corrected chi connectivity index (χ4v) is 5.58. The first-order chi connectivity index (χ1) is 9.36. The van der Waals surface area contributed by atoms with Crippen LogP contribution in [0, 0.1) is 0 Å². The second-order valence-corrected chi connectivity index (χ2v) is 8.59. The smallest absolute Gasteiger partial charge is 0.410 e. The summed E-state index contributed by atoms with van der Waals surface area (Å²) in [6.07, 6.45) is 0.443. The predicted molar refractivity (Wildman–Crippen MR) is 74.3 cm³/mol. The first-order valence-electron chi connectivity index (χ1n) is 6.39. The molecule has 1 aromatic heterocycles. The topological polar surface area (TPSA) is 66.9 Å². The summed E-state index contributed by atoms with van der Waals surface area (Å²) >= 11 is 1.30. The predicted octanol–water partition coefficient (Wildman–Crippen LogP) is 1.14. The summed E-state index contributed by atoms with van der Waals surface area (Å²) in [6, 6.07) is 3.49. The second-order valence-electron chi connectivity index (χ2n) is 5.25. The Morgan fingerprint density at radius 2 is 2.05 bits per heavy atom. The van der Waals surface area contributed by atoms with Crippen molar-refractivity contribution in [2.24, 2.45) is 0 Å². The molecule has 0 radical (unpaired) electrons. The van der Waals surface area contributed by atoms with Crippen LogP contribution in [-0.4, -0.2) is 56.0 Å². The van der Waals surface area contributed by atoms with Gasteiger partial charge in [0.25, 0.3) is 10.0 Å². The third kappa shape index (κ3) is 2.02. The molecule has 0 N–H and O–H groups in total. The lowest BCUT2D eigenvalue weighted by Gasteiger charge is -2.43. The highest BCUT2D eigenvalue weighted by Crippen LogP contribution is 2.36. The van der Waals surface area contributed by atoms with Gasteiger partial charge in [0.15, 0.2) is 5.60 Å². The maximum atomic E-state index is 12.4. The van der Waals surface area contributed by atoms with Crippen LogP contribution in [0.15, 0.2) is 16.3 Å². The lowest BCUT2D eigenvalue weighted by Crippen LogP contribution is -2.65. The van der Waals surface area contributed by atoms with E-state index in [0.29, 0.717) is 10.8 Å². The van der Waals surface area contributed by atoms with Crippen LogP contribution in [0.5, 0.6) is 0 Å². The number of carbonyl (C=O) groups is 1. The van der Waals surface area contributed by atoms with Crippen molar-refractivity contribution in [3.8, 4) is 0 Å². The monoisotopic (exact) mass is 316 g/mol. The van der Waals surface area contributed by atoms with Crippen LogP contribution in [-0.2, 0) is 21.2 Å². The van der Waals surface area contributed by atoms with Crippen molar-refractivity contribution in [3.63, 3.8) is 0 Å². The zero-order valence-corrected chi connectivity index (χ0v) is 13.0. The third-order valence-corrected chi connectivity index (χ3v) is 7.14. The van der Waals surface area contributed by atoms with Gasteiger partial charge in [-0.15, -0.1) is 11.3 Å². The summed E-state index contributed by atoms with van der Waals surface area (Å²) in [5, 5.41) is 0. The Kier molecular flexibility index (Phi) is 3.07. The van der Waals surface area contributed by atoms with Gasteiger partial charge < -0.3 is 9.64 Å². The average Bonchev–Trinajstić information content (AvgIpc) is 2.93. The number of likely N-dealkylation sites (N-methyl/N-ethyl adjacent to an activating group) is 1. The molecule has 2 aliphatic rings. The largest absolute Gasteiger partial charge is 0.438 e. The first kappa shape index (κ1) is 13.8. The van der Waals surface area contributed by atoms with E-state index in [4.69, 9.17) is 4.74 Å². The normalized spacial score (nSPS) is 22.1. The fraction of sp³-hybridized carbons (Fsp3) is 0.583. The Bertz CT molecular complexity index is 646. The summed E-state index contributed by atoms with van der Waals surface area (Å²) in [6.45, 7) is 2.92. The lowest BCUT2D eigenvalue weighted by molar-refractivity contribution is -0.0334. The van der Waals surface area contributed by atoms with Gasteiger partial charge >= 0.3 is 6.09 Å². The number of thiophene rings is 1. The van der Waals surface area contributed by atoms with Gasteiger partial charge in [-0.05, 0) is 18.6 Å². The summed E-state index contributed by atoms with van der Waals surface area (Å²) in [4.78, 5) is 13.9. The van der Waals surface area contributed by atoms with Crippen molar-refractivity contribution in [2.45, 2.75) is 23.2 Å². The number of sulfonamides is 1. The van der Waals surface area contributed by atoms with E-state index >= 15 is 0 Å². The van der Waals surface area contributed by atoms with E-state index in [-0.39, 0.29) is 19.2 Å². The Balaban J connectivity index is 1.74. The quantitative estimate of drug-likeness (QED) is 0.838. The minimum absolute atomic E-state index is 0.241. The van der Waals surface area contributed by atoms with E-state index < -0.39 is 15.6 Å². The van der Waals surface area contributed by atoms with Gasteiger partial charge in [-0.25, -0.2) is 13.2 Å². The van der Waals surface area contributed by atoms with Crippen LogP contribution in [0.2, 0.25) is 0 Å². The van der Waals surface area contributed by atoms with Crippen LogP contribution in [0.4, 0.5) is 4.79 Å². The average molecular weight is 316 g/mol. The number of hydrogen-bond donors (Lipinski definition) is 0. The lowest BCUT2D eigenvalue weighted by atomic mass is 9.97. The molecular formula is C12H16N2O4S2. The zero-order chi connectivity index (χ0) is 14.5. The molecule has 2 saturated heterocycles. The minimum Gasteiger partial charge on any atom is -0.438 e. The number of hydrogen-bond acceptors (Lipinski definition) is 5. The van der Waals surface area contributed by atoms with Crippen molar-refractivity contribution in [2.75, 3.05) is 26.7 Å². The summed E-state index contributed by atoms with van der Waals surface area (Å²) in [5.74, 6) is 0. The highest BCUT2D eigenvalue weighted by Gasteiger charge is 2.56. The molecule has 6 nitrogen and oxygen atoms in total. The molecule has 0 aliphatic carbocycles. The van der Waals surface area contributed by atoms with Gasteiger partial charge in [-0.3, -0.25) is 0 Å². The number of nitrogens with zero attached hydrogens (tertiary/aromatic N) is 2. The molecule has 1 amide bonds. The van der Waals surface area contributed by atoms with Crippen LogP contribution in [0.1, 0.15) is 11.8 Å². The second kappa shape index (κ2) is 4.44. The number of aryl methyl sites for hydroxylation is 1. The first-order valence-corrected chi connectivity index (χ1v) is 8.65. The summed E-state index contributed by atoms with van der Waals surface area (Å²) in [5.41, 5.74) is -0.649. The van der Waals surface area contributed by atoms with Gasteiger partial charge in [-0.1, -0.05) is 6.92 Å². The maximum absolute atomic E-state index is 12.4. The number of carbonyl (C=O) groups excluding carboxylic acids is 1. The molecule has 0 saturated carbocycles. The van der Waals surface area contributed by atoms with E-state index in [2.05, 4.69) is 0 Å². The van der Waals surface area contributed by atoms with Gasteiger partial charge in [0.1, 0.15) is 4.21 Å². The van der Waals surface area contributed by atoms with E-state index in [0.717, 1.165) is 11.3 Å². The molecule has 3 heterocycles. The summed E-state index contributed by atoms with van der Waals surface area (Å²) in [7, 11) is -1.79. The Morgan fingerprint density at radius 1 is 1.35 bits per heavy atom. The maximum Gasteiger partial charge on any atom is 0.410 e. The van der Waals surface area contributed by atoms with Crippen molar-refractivity contribution < 1.29 is 17.9 Å². The molecule has 1 aromatic rings. The van der Waals surface area contributed by atoms with Gasteiger partial charge in [0.2, 0.25) is 0 Å². The molecular weight excluding hydrogens is 300 g/mol. The van der Waals surface area contributed by atoms with Gasteiger partial charge in [-0.2, -0.15) is 4.31 Å². The zero-order valence-electron chi connectivity index (χ0n) is 11.3. The van der Waals surface area contributed by atoms with Crippen LogP contribution in [0.3, 0.4) is 0 Å². The SMILES string of the molecule is CCc1ccc(S(=O)(=O)N2CC3(CN(C)C(=O)O3)C2)s1. The van der Waals surface area contributed by atoms with Gasteiger partial charge in [0, 0.05) is 11.9 Å². The van der Waals surface area contributed by atoms with Crippen molar-refractivity contribution in [3.05, 3.63) is 17.0 Å². The van der Waals surface area contributed by atoms with E-state index in [1.165, 1.54) is 20.5 Å². The molecule has 0 unspecified atom stereocenters. The Labute approximate surface area is 122 Å². The molecule has 20 heavy (non-hydrogen) atoms. The highest BCUT2D eigenvalue weighted by molar-refractivity contribution is 7.91. The molecule has 0 bridgehead atoms. The third-order valence-electron chi connectivity index (χ3n) is 3.65. The molecule has 0 aromatic carbocycles. The number of amides is 1. The fourth-order valence-electron chi connectivity index (χ4n) is 2.54. The van der Waals surface area contributed by atoms with E-state index in [1.54, 1.807) is 13.1 Å². The molecule has 2 fully saturated rings. The van der Waals surface area contributed by atoms with E-state index in [9.17, 15) is 13.2 Å². The molecule has 2 aliphatic heterocycles.